The zero-order chi connectivity index (χ0) is 14.2. The lowest BCUT2D eigenvalue weighted by Crippen LogP contribution is -2.27. The van der Waals surface area contributed by atoms with Crippen LogP contribution in [-0.2, 0) is 17.9 Å². The molecule has 7 heteroatoms. The number of hydrogen-bond acceptors (Lipinski definition) is 5. The summed E-state index contributed by atoms with van der Waals surface area (Å²) in [5, 5.41) is 5.23. The standard InChI is InChI=1S/C14H17N3O2S.ClH/c15-8-13-17-12(10-20-13)14(18)16-6-7-19-9-11-4-2-1-3-5-11;/h1-5,10H,6-9,15H2,(H,16,18);1H. The van der Waals surface area contributed by atoms with Crippen LogP contribution in [0.4, 0.5) is 0 Å². The fourth-order valence-corrected chi connectivity index (χ4v) is 2.26. The number of carbonyl (C=O) groups is 1. The molecule has 21 heavy (non-hydrogen) atoms. The first-order valence-electron chi connectivity index (χ1n) is 6.34. The molecule has 0 saturated carbocycles. The van der Waals surface area contributed by atoms with E-state index >= 15 is 0 Å². The summed E-state index contributed by atoms with van der Waals surface area (Å²) in [5.74, 6) is -0.190. The predicted molar refractivity (Wildman–Crippen MR) is 85.7 cm³/mol. The van der Waals surface area contributed by atoms with Crippen molar-refractivity contribution in [3.63, 3.8) is 0 Å². The highest BCUT2D eigenvalue weighted by atomic mass is 35.5. The van der Waals surface area contributed by atoms with Crippen LogP contribution in [0.2, 0.25) is 0 Å². The maximum Gasteiger partial charge on any atom is 0.270 e. The van der Waals surface area contributed by atoms with E-state index in [1.165, 1.54) is 11.3 Å². The van der Waals surface area contributed by atoms with Crippen molar-refractivity contribution in [2.45, 2.75) is 13.2 Å². The number of amides is 1. The van der Waals surface area contributed by atoms with Crippen LogP contribution in [0.15, 0.2) is 35.7 Å². The van der Waals surface area contributed by atoms with Gasteiger partial charge in [-0.2, -0.15) is 0 Å². The summed E-state index contributed by atoms with van der Waals surface area (Å²) in [6.45, 7) is 1.83. The first-order valence-corrected chi connectivity index (χ1v) is 7.22. The van der Waals surface area contributed by atoms with Crippen LogP contribution in [0.3, 0.4) is 0 Å². The van der Waals surface area contributed by atoms with Gasteiger partial charge < -0.3 is 15.8 Å². The second-order valence-electron chi connectivity index (χ2n) is 4.12. The van der Waals surface area contributed by atoms with Crippen LogP contribution in [0.1, 0.15) is 21.1 Å². The second kappa shape index (κ2) is 9.46. The SMILES string of the molecule is Cl.NCc1nc(C(=O)NCCOCc2ccccc2)cs1. The van der Waals surface area contributed by atoms with E-state index in [9.17, 15) is 4.79 Å². The number of thiazole rings is 1. The van der Waals surface area contributed by atoms with Crippen molar-refractivity contribution < 1.29 is 9.53 Å². The number of benzene rings is 1. The molecule has 2 aromatic rings. The summed E-state index contributed by atoms with van der Waals surface area (Å²) in [6.07, 6.45) is 0. The van der Waals surface area contributed by atoms with Gasteiger partial charge in [0, 0.05) is 18.5 Å². The number of ether oxygens (including phenoxy) is 1. The Bertz CT molecular complexity index is 548. The Kier molecular flexibility index (Phi) is 7.92. The maximum atomic E-state index is 11.7. The van der Waals surface area contributed by atoms with Gasteiger partial charge in [-0.3, -0.25) is 4.79 Å². The summed E-state index contributed by atoms with van der Waals surface area (Å²) >= 11 is 1.39. The number of aromatic nitrogens is 1. The number of hydrogen-bond donors (Lipinski definition) is 2. The van der Waals surface area contributed by atoms with Crippen LogP contribution in [0.25, 0.3) is 0 Å². The second-order valence-corrected chi connectivity index (χ2v) is 5.07. The quantitative estimate of drug-likeness (QED) is 0.762. The van der Waals surface area contributed by atoms with Gasteiger partial charge in [-0.25, -0.2) is 4.98 Å². The Morgan fingerprint density at radius 1 is 1.33 bits per heavy atom. The molecule has 1 aromatic heterocycles. The third-order valence-corrected chi connectivity index (χ3v) is 3.47. The van der Waals surface area contributed by atoms with Gasteiger partial charge in [-0.15, -0.1) is 23.7 Å². The Hall–Kier alpha value is -1.47. The van der Waals surface area contributed by atoms with Gasteiger partial charge in [0.25, 0.3) is 5.91 Å². The summed E-state index contributed by atoms with van der Waals surface area (Å²) < 4.78 is 5.48. The molecule has 0 unspecified atom stereocenters. The summed E-state index contributed by atoms with van der Waals surface area (Å²) in [6, 6.07) is 9.91. The fourth-order valence-electron chi connectivity index (χ4n) is 1.60. The van der Waals surface area contributed by atoms with Crippen molar-refractivity contribution in [1.29, 1.82) is 0 Å². The summed E-state index contributed by atoms with van der Waals surface area (Å²) in [5.41, 5.74) is 6.99. The van der Waals surface area contributed by atoms with Crippen molar-refractivity contribution in [2.24, 2.45) is 5.73 Å². The number of carbonyl (C=O) groups excluding carboxylic acids is 1. The molecule has 0 aliphatic carbocycles. The van der Waals surface area contributed by atoms with E-state index in [-0.39, 0.29) is 18.3 Å². The fraction of sp³-hybridized carbons (Fsp3) is 0.286. The largest absolute Gasteiger partial charge is 0.375 e. The first-order chi connectivity index (χ1) is 9.79. The summed E-state index contributed by atoms with van der Waals surface area (Å²) in [7, 11) is 0. The van der Waals surface area contributed by atoms with Crippen molar-refractivity contribution in [2.75, 3.05) is 13.2 Å². The Balaban J connectivity index is 0.00000220. The monoisotopic (exact) mass is 327 g/mol. The van der Waals surface area contributed by atoms with E-state index in [1.54, 1.807) is 5.38 Å². The smallest absolute Gasteiger partial charge is 0.270 e. The number of nitrogens with one attached hydrogen (secondary N) is 1. The van der Waals surface area contributed by atoms with E-state index in [0.29, 0.717) is 32.0 Å². The third kappa shape index (κ3) is 5.81. The number of nitrogens with two attached hydrogens (primary N) is 1. The van der Waals surface area contributed by atoms with Gasteiger partial charge in [0.2, 0.25) is 0 Å². The van der Waals surface area contributed by atoms with Crippen LogP contribution in [0.5, 0.6) is 0 Å². The van der Waals surface area contributed by atoms with E-state index in [2.05, 4.69) is 10.3 Å². The normalized spacial score (nSPS) is 9.95. The van der Waals surface area contributed by atoms with Gasteiger partial charge in [0.05, 0.1) is 13.2 Å². The molecule has 2 rings (SSSR count). The van der Waals surface area contributed by atoms with Gasteiger partial charge in [0.1, 0.15) is 10.7 Å². The zero-order valence-electron chi connectivity index (χ0n) is 11.5. The number of rotatable bonds is 7. The van der Waals surface area contributed by atoms with Gasteiger partial charge >= 0.3 is 0 Å². The van der Waals surface area contributed by atoms with Crippen molar-refractivity contribution >= 4 is 29.7 Å². The first kappa shape index (κ1) is 17.6. The van der Waals surface area contributed by atoms with Crippen LogP contribution < -0.4 is 11.1 Å². The highest BCUT2D eigenvalue weighted by Gasteiger charge is 2.09. The minimum absolute atomic E-state index is 0. The molecule has 1 aromatic carbocycles. The Morgan fingerprint density at radius 3 is 2.76 bits per heavy atom. The van der Waals surface area contributed by atoms with E-state index in [0.717, 1.165) is 10.6 Å². The van der Waals surface area contributed by atoms with Crippen molar-refractivity contribution in [3.8, 4) is 0 Å². The highest BCUT2D eigenvalue weighted by Crippen LogP contribution is 2.08. The molecule has 5 nitrogen and oxygen atoms in total. The lowest BCUT2D eigenvalue weighted by Gasteiger charge is -2.05. The van der Waals surface area contributed by atoms with E-state index in [4.69, 9.17) is 10.5 Å². The van der Waals surface area contributed by atoms with E-state index in [1.807, 2.05) is 30.3 Å². The van der Waals surface area contributed by atoms with Crippen LogP contribution in [-0.4, -0.2) is 24.0 Å². The van der Waals surface area contributed by atoms with Gasteiger partial charge in [-0.05, 0) is 5.56 Å². The molecule has 3 N–H and O–H groups in total. The molecule has 114 valence electrons. The maximum absolute atomic E-state index is 11.7. The molecule has 0 spiro atoms. The lowest BCUT2D eigenvalue weighted by atomic mass is 10.2. The molecular weight excluding hydrogens is 310 g/mol. The van der Waals surface area contributed by atoms with Crippen LogP contribution >= 0.6 is 23.7 Å². The number of nitrogens with zero attached hydrogens (tertiary/aromatic N) is 1. The van der Waals surface area contributed by atoms with Crippen molar-refractivity contribution in [3.05, 3.63) is 52.0 Å². The molecule has 0 aliphatic rings. The average molecular weight is 328 g/mol. The topological polar surface area (TPSA) is 77.2 Å². The summed E-state index contributed by atoms with van der Waals surface area (Å²) in [4.78, 5) is 15.9. The van der Waals surface area contributed by atoms with Gasteiger partial charge in [-0.1, -0.05) is 30.3 Å². The Labute approximate surface area is 133 Å². The molecule has 0 saturated heterocycles. The molecule has 0 aliphatic heterocycles. The molecule has 0 radical (unpaired) electrons. The van der Waals surface area contributed by atoms with E-state index < -0.39 is 0 Å². The highest BCUT2D eigenvalue weighted by molar-refractivity contribution is 7.09. The molecule has 0 atom stereocenters. The molecular formula is C14H18ClN3O2S. The molecule has 0 bridgehead atoms. The Morgan fingerprint density at radius 2 is 2.10 bits per heavy atom. The molecule has 1 heterocycles. The molecule has 0 fully saturated rings. The minimum Gasteiger partial charge on any atom is -0.375 e. The average Bonchev–Trinajstić information content (AvgIpc) is 2.97. The van der Waals surface area contributed by atoms with Gasteiger partial charge in [0.15, 0.2) is 0 Å². The third-order valence-electron chi connectivity index (χ3n) is 2.60. The number of halogens is 1. The predicted octanol–water partition coefficient (Wildman–Crippen LogP) is 1.97. The van der Waals surface area contributed by atoms with Crippen LogP contribution in [0, 0.1) is 0 Å². The van der Waals surface area contributed by atoms with Crippen molar-refractivity contribution in [1.82, 2.24) is 10.3 Å². The molecule has 1 amide bonds. The minimum atomic E-state index is -0.190. The lowest BCUT2D eigenvalue weighted by molar-refractivity contribution is 0.0897. The zero-order valence-corrected chi connectivity index (χ0v) is 13.1.